The highest BCUT2D eigenvalue weighted by molar-refractivity contribution is 6.92. The predicted octanol–water partition coefficient (Wildman–Crippen LogP) is 3.00. The quantitative estimate of drug-likeness (QED) is 0.726. The van der Waals surface area contributed by atoms with E-state index in [2.05, 4.69) is 0 Å². The van der Waals surface area contributed by atoms with Gasteiger partial charge in [-0.25, -0.2) is 4.79 Å². The molecule has 78 valence electrons. The Kier molecular flexibility index (Phi) is 7.04. The molecule has 1 aliphatic carbocycles. The van der Waals surface area contributed by atoms with Gasteiger partial charge in [-0.1, -0.05) is 43.9 Å². The van der Waals surface area contributed by atoms with Crippen molar-refractivity contribution < 1.29 is 9.90 Å². The van der Waals surface area contributed by atoms with E-state index in [9.17, 15) is 4.79 Å². The van der Waals surface area contributed by atoms with Gasteiger partial charge < -0.3 is 5.11 Å². The summed E-state index contributed by atoms with van der Waals surface area (Å²) in [5, 5.41) is 8.38. The zero-order chi connectivity index (χ0) is 9.52. The summed E-state index contributed by atoms with van der Waals surface area (Å²) in [4.78, 5) is 10.2. The monoisotopic (exact) mass is 212 g/mol. The lowest BCUT2D eigenvalue weighted by atomic mass is 10.0. The van der Waals surface area contributed by atoms with E-state index in [0.29, 0.717) is 5.56 Å². The van der Waals surface area contributed by atoms with E-state index in [0.717, 1.165) is 0 Å². The summed E-state index contributed by atoms with van der Waals surface area (Å²) in [6.07, 6.45) is 6.00. The minimum absolute atomic E-state index is 0. The third-order valence-electron chi connectivity index (χ3n) is 2.02. The Balaban J connectivity index is 0.000000286. The van der Waals surface area contributed by atoms with Gasteiger partial charge in [-0.05, 0) is 12.1 Å². The van der Waals surface area contributed by atoms with Crippen LogP contribution in [-0.2, 0) is 0 Å². The Morgan fingerprint density at radius 2 is 1.43 bits per heavy atom. The van der Waals surface area contributed by atoms with Crippen molar-refractivity contribution in [2.75, 3.05) is 0 Å². The van der Waals surface area contributed by atoms with Crippen LogP contribution in [0.15, 0.2) is 30.3 Å². The van der Waals surface area contributed by atoms with Crippen molar-refractivity contribution in [3.63, 3.8) is 0 Å². The second-order valence-electron chi connectivity index (χ2n) is 3.09. The molecule has 1 aromatic carbocycles. The fraction of sp³-hybridized carbons (Fsp3) is 0.364. The molecule has 1 aliphatic rings. The molecule has 0 aliphatic heterocycles. The van der Waals surface area contributed by atoms with Gasteiger partial charge in [0.25, 0.3) is 0 Å². The van der Waals surface area contributed by atoms with Crippen molar-refractivity contribution in [1.29, 1.82) is 0 Å². The average molecular weight is 212 g/mol. The molecule has 1 atom stereocenters. The van der Waals surface area contributed by atoms with E-state index in [4.69, 9.17) is 5.11 Å². The number of carboxylic acids is 1. The molecule has 1 aromatic rings. The second-order valence-corrected chi connectivity index (χ2v) is 3.09. The third kappa shape index (κ3) is 4.98. The number of hydrogen-bond acceptors (Lipinski definition) is 1. The van der Waals surface area contributed by atoms with Crippen LogP contribution in [0.2, 0.25) is 0 Å². The number of carboxylic acid groups (broad SMARTS) is 1. The molecule has 0 amide bonds. The topological polar surface area (TPSA) is 37.3 Å². The van der Waals surface area contributed by atoms with E-state index in [1.54, 1.807) is 30.3 Å². The van der Waals surface area contributed by atoms with Crippen LogP contribution >= 0.6 is 9.90 Å². The molecule has 1 unspecified atom stereocenters. The molecular weight excluding hydrogens is 195 g/mol. The van der Waals surface area contributed by atoms with Crippen molar-refractivity contribution in [2.24, 2.45) is 0 Å². The van der Waals surface area contributed by atoms with Crippen LogP contribution in [0.4, 0.5) is 0 Å². The molecule has 0 spiro atoms. The van der Waals surface area contributed by atoms with Gasteiger partial charge in [0.1, 0.15) is 0 Å². The predicted molar refractivity (Wildman–Crippen MR) is 63.0 cm³/mol. The largest absolute Gasteiger partial charge is 0.478 e. The summed E-state index contributed by atoms with van der Waals surface area (Å²) in [5.74, 6) is -0.879. The van der Waals surface area contributed by atoms with Crippen molar-refractivity contribution in [1.82, 2.24) is 0 Å². The molecule has 1 saturated carbocycles. The smallest absolute Gasteiger partial charge is 0.335 e. The van der Waals surface area contributed by atoms with Crippen molar-refractivity contribution in [3.8, 4) is 0 Å². The molecular formula is C11H17O2P. The number of aromatic carboxylic acids is 1. The van der Waals surface area contributed by atoms with E-state index in [-0.39, 0.29) is 9.90 Å². The highest BCUT2D eigenvalue weighted by Gasteiger charge is 1.96. The summed E-state index contributed by atoms with van der Waals surface area (Å²) in [6.45, 7) is 0. The number of benzene rings is 1. The zero-order valence-corrected chi connectivity index (χ0v) is 9.69. The van der Waals surface area contributed by atoms with Crippen LogP contribution in [0.5, 0.6) is 0 Å². The highest BCUT2D eigenvalue weighted by atomic mass is 31.0. The summed E-state index contributed by atoms with van der Waals surface area (Å²) in [5.41, 5.74) is 0.331. The lowest BCUT2D eigenvalue weighted by Crippen LogP contribution is -1.93. The first kappa shape index (κ1) is 13.1. The lowest BCUT2D eigenvalue weighted by molar-refractivity contribution is 0.0697. The fourth-order valence-corrected chi connectivity index (χ4v) is 0.831. The fourth-order valence-electron chi connectivity index (χ4n) is 0.831. The Hall–Kier alpha value is -0.880. The zero-order valence-electron chi connectivity index (χ0n) is 8.28. The minimum Gasteiger partial charge on any atom is -0.478 e. The maximum Gasteiger partial charge on any atom is 0.335 e. The first-order valence-corrected chi connectivity index (χ1v) is 4.59. The third-order valence-corrected chi connectivity index (χ3v) is 2.02. The molecule has 0 bridgehead atoms. The molecule has 1 fully saturated rings. The average Bonchev–Trinajstić information content (AvgIpc) is 2.03. The lowest BCUT2D eigenvalue weighted by Gasteiger charge is -2.05. The highest BCUT2D eigenvalue weighted by Crippen LogP contribution is 2.15. The molecule has 1 N–H and O–H groups in total. The summed E-state index contributed by atoms with van der Waals surface area (Å²) < 4.78 is 0. The Morgan fingerprint density at radius 3 is 1.64 bits per heavy atom. The van der Waals surface area contributed by atoms with Gasteiger partial charge in [-0.15, -0.1) is 0 Å². The van der Waals surface area contributed by atoms with E-state index in [1.807, 2.05) is 0 Å². The Bertz CT molecular complexity index is 251. The molecule has 0 aromatic heterocycles. The second kappa shape index (κ2) is 7.52. The molecule has 2 rings (SSSR count). The standard InChI is InChI=1S/C7H6O2.C4H8.H3P/c8-7(9)6-4-2-1-3-5-6;1-2-4-3-1;/h1-5H,(H,8,9);1-4H2;1H3. The SMILES string of the molecule is C1CCC1.O=C(O)c1ccccc1.P. The first-order valence-electron chi connectivity index (χ1n) is 4.59. The molecule has 0 radical (unpaired) electrons. The van der Waals surface area contributed by atoms with Crippen molar-refractivity contribution in [3.05, 3.63) is 35.9 Å². The first-order chi connectivity index (χ1) is 6.30. The summed E-state index contributed by atoms with van der Waals surface area (Å²) >= 11 is 0. The van der Waals surface area contributed by atoms with Crippen molar-refractivity contribution >= 4 is 15.9 Å². The van der Waals surface area contributed by atoms with E-state index in [1.165, 1.54) is 25.7 Å². The summed E-state index contributed by atoms with van der Waals surface area (Å²) in [7, 11) is 0. The minimum atomic E-state index is -0.879. The normalized spacial score (nSPS) is 12.6. The van der Waals surface area contributed by atoms with Gasteiger partial charge in [0.2, 0.25) is 0 Å². The van der Waals surface area contributed by atoms with E-state index < -0.39 is 5.97 Å². The van der Waals surface area contributed by atoms with Crippen LogP contribution in [0.25, 0.3) is 0 Å². The van der Waals surface area contributed by atoms with Gasteiger partial charge in [0, 0.05) is 0 Å². The molecule has 0 heterocycles. The number of hydrogen-bond donors (Lipinski definition) is 1. The van der Waals surface area contributed by atoms with Gasteiger partial charge in [-0.2, -0.15) is 9.90 Å². The molecule has 14 heavy (non-hydrogen) atoms. The van der Waals surface area contributed by atoms with E-state index >= 15 is 0 Å². The van der Waals surface area contributed by atoms with Crippen LogP contribution in [-0.4, -0.2) is 11.1 Å². The summed E-state index contributed by atoms with van der Waals surface area (Å²) in [6, 6.07) is 8.30. The number of rotatable bonds is 1. The van der Waals surface area contributed by atoms with Crippen LogP contribution in [0.3, 0.4) is 0 Å². The Morgan fingerprint density at radius 1 is 1.00 bits per heavy atom. The van der Waals surface area contributed by atoms with Crippen LogP contribution in [0, 0.1) is 0 Å². The van der Waals surface area contributed by atoms with Gasteiger partial charge in [-0.3, -0.25) is 0 Å². The maximum absolute atomic E-state index is 10.2. The molecule has 2 nitrogen and oxygen atoms in total. The maximum atomic E-state index is 10.2. The van der Waals surface area contributed by atoms with Crippen LogP contribution in [0.1, 0.15) is 36.0 Å². The van der Waals surface area contributed by atoms with Gasteiger partial charge in [0.15, 0.2) is 0 Å². The van der Waals surface area contributed by atoms with Crippen molar-refractivity contribution in [2.45, 2.75) is 25.7 Å². The molecule has 0 saturated heterocycles. The number of carbonyl (C=O) groups is 1. The van der Waals surface area contributed by atoms with Gasteiger partial charge >= 0.3 is 5.97 Å². The van der Waals surface area contributed by atoms with Gasteiger partial charge in [0.05, 0.1) is 5.56 Å². The Labute approximate surface area is 88.0 Å². The van der Waals surface area contributed by atoms with Crippen LogP contribution < -0.4 is 0 Å². The molecule has 3 heteroatoms.